The number of amides is 1. The largest absolute Gasteiger partial charge is 0.466 e. The van der Waals surface area contributed by atoms with E-state index in [0.29, 0.717) is 27.5 Å². The van der Waals surface area contributed by atoms with E-state index in [0.717, 1.165) is 0 Å². The maximum absolute atomic E-state index is 14.2. The first-order valence-corrected chi connectivity index (χ1v) is 12.3. The number of carbonyl (C=O) groups is 3. The summed E-state index contributed by atoms with van der Waals surface area (Å²) in [5.41, 5.74) is 6.54. The third-order valence-corrected chi connectivity index (χ3v) is 6.50. The van der Waals surface area contributed by atoms with Gasteiger partial charge in [0, 0.05) is 22.3 Å². The summed E-state index contributed by atoms with van der Waals surface area (Å²) in [5, 5.41) is 0.480. The summed E-state index contributed by atoms with van der Waals surface area (Å²) in [5.74, 6) is -2.33. The number of nitrogens with zero attached hydrogens (tertiary/aromatic N) is 1. The molecule has 2 unspecified atom stereocenters. The van der Waals surface area contributed by atoms with E-state index in [1.165, 1.54) is 12.0 Å². The highest BCUT2D eigenvalue weighted by atomic mass is 35.5. The molecule has 0 saturated heterocycles. The smallest absolute Gasteiger partial charge is 0.336 e. The lowest BCUT2D eigenvalue weighted by atomic mass is 9.82. The van der Waals surface area contributed by atoms with Crippen molar-refractivity contribution in [3.05, 3.63) is 93.8 Å². The van der Waals surface area contributed by atoms with Crippen molar-refractivity contribution in [3.63, 3.8) is 0 Å². The zero-order valence-electron chi connectivity index (χ0n) is 22.0. The van der Waals surface area contributed by atoms with Gasteiger partial charge in [0.2, 0.25) is 0 Å². The molecule has 0 bridgehead atoms. The normalized spacial score (nSPS) is 17.6. The fourth-order valence-electron chi connectivity index (χ4n) is 4.52. The second-order valence-electron chi connectivity index (χ2n) is 10.0. The zero-order valence-corrected chi connectivity index (χ0v) is 22.8. The molecule has 0 saturated carbocycles. The van der Waals surface area contributed by atoms with Gasteiger partial charge in [-0.3, -0.25) is 14.5 Å². The van der Waals surface area contributed by atoms with Crippen LogP contribution in [0.2, 0.25) is 5.02 Å². The molecule has 7 nitrogen and oxygen atoms in total. The predicted octanol–water partition coefficient (Wildman–Crippen LogP) is 5.20. The van der Waals surface area contributed by atoms with E-state index >= 15 is 0 Å². The van der Waals surface area contributed by atoms with Crippen LogP contribution in [0, 0.1) is 0 Å². The van der Waals surface area contributed by atoms with Crippen LogP contribution in [-0.4, -0.2) is 35.5 Å². The number of benzene rings is 2. The summed E-state index contributed by atoms with van der Waals surface area (Å²) in [6.07, 6.45) is 1.38. The Morgan fingerprint density at radius 1 is 1.00 bits per heavy atom. The number of hydrogen-bond acceptors (Lipinski definition) is 6. The summed E-state index contributed by atoms with van der Waals surface area (Å²) >= 11 is 6.47. The molecule has 196 valence electrons. The molecular formula is C29H33ClN2O5. The minimum Gasteiger partial charge on any atom is -0.466 e. The molecule has 2 N–H and O–H groups in total. The minimum atomic E-state index is -1.77. The van der Waals surface area contributed by atoms with Gasteiger partial charge in [0.05, 0.1) is 19.1 Å². The van der Waals surface area contributed by atoms with Crippen molar-refractivity contribution >= 4 is 29.4 Å². The van der Waals surface area contributed by atoms with E-state index in [1.807, 2.05) is 12.1 Å². The number of nitrogens with two attached hydrogens (primary N) is 1. The number of allylic oxidation sites excluding steroid dienone is 3. The number of rotatable bonds is 6. The summed E-state index contributed by atoms with van der Waals surface area (Å²) in [4.78, 5) is 41.5. The molecule has 1 aliphatic heterocycles. The Balaban J connectivity index is 2.15. The third kappa shape index (κ3) is 5.95. The van der Waals surface area contributed by atoms with Crippen molar-refractivity contribution < 1.29 is 23.9 Å². The maximum Gasteiger partial charge on any atom is 0.336 e. The van der Waals surface area contributed by atoms with Gasteiger partial charge in [-0.25, -0.2) is 4.79 Å². The minimum absolute atomic E-state index is 0.252. The quantitative estimate of drug-likeness (QED) is 0.521. The van der Waals surface area contributed by atoms with Crippen molar-refractivity contribution in [1.29, 1.82) is 0 Å². The van der Waals surface area contributed by atoms with Crippen LogP contribution in [0.4, 0.5) is 0 Å². The lowest BCUT2D eigenvalue weighted by Crippen LogP contribution is -2.54. The third-order valence-electron chi connectivity index (χ3n) is 6.16. The first-order valence-electron chi connectivity index (χ1n) is 11.9. The van der Waals surface area contributed by atoms with Crippen molar-refractivity contribution in [3.8, 4) is 0 Å². The Bertz CT molecular complexity index is 1260. The first kappa shape index (κ1) is 28.2. The van der Waals surface area contributed by atoms with Gasteiger partial charge in [-0.15, -0.1) is 0 Å². The fourth-order valence-corrected chi connectivity index (χ4v) is 4.77. The van der Waals surface area contributed by atoms with Crippen molar-refractivity contribution in [2.45, 2.75) is 58.1 Å². The van der Waals surface area contributed by atoms with Crippen molar-refractivity contribution in [2.75, 3.05) is 7.11 Å². The Hall–Kier alpha value is -3.42. The predicted molar refractivity (Wildman–Crippen MR) is 142 cm³/mol. The zero-order chi connectivity index (χ0) is 27.5. The molecule has 2 atom stereocenters. The highest BCUT2D eigenvalue weighted by molar-refractivity contribution is 6.31. The molecule has 1 amide bonds. The van der Waals surface area contributed by atoms with Crippen LogP contribution < -0.4 is 5.73 Å². The van der Waals surface area contributed by atoms with E-state index in [2.05, 4.69) is 0 Å². The maximum atomic E-state index is 14.2. The number of methoxy groups -OCH3 is 1. The molecule has 37 heavy (non-hydrogen) atoms. The van der Waals surface area contributed by atoms with E-state index in [-0.39, 0.29) is 5.57 Å². The van der Waals surface area contributed by atoms with E-state index in [1.54, 1.807) is 83.2 Å². The van der Waals surface area contributed by atoms with E-state index in [4.69, 9.17) is 26.8 Å². The molecule has 0 fully saturated rings. The van der Waals surface area contributed by atoms with Gasteiger partial charge < -0.3 is 15.2 Å². The second-order valence-corrected chi connectivity index (χ2v) is 10.4. The molecule has 1 aliphatic rings. The molecule has 1 heterocycles. The molecule has 2 aromatic carbocycles. The summed E-state index contributed by atoms with van der Waals surface area (Å²) in [6.45, 7) is 8.64. The Morgan fingerprint density at radius 2 is 1.59 bits per heavy atom. The van der Waals surface area contributed by atoms with E-state index < -0.39 is 41.3 Å². The van der Waals surface area contributed by atoms with Gasteiger partial charge in [-0.2, -0.15) is 0 Å². The summed E-state index contributed by atoms with van der Waals surface area (Å²) in [7, 11) is 1.28. The molecule has 3 rings (SSSR count). The molecule has 8 heteroatoms. The van der Waals surface area contributed by atoms with Crippen LogP contribution in [0.3, 0.4) is 0 Å². The van der Waals surface area contributed by atoms with Gasteiger partial charge in [0.15, 0.2) is 0 Å². The summed E-state index contributed by atoms with van der Waals surface area (Å²) in [6, 6.07) is 15.9. The van der Waals surface area contributed by atoms with Gasteiger partial charge in [0.25, 0.3) is 5.91 Å². The average Bonchev–Trinajstić information content (AvgIpc) is 2.82. The standard InChI is InChI=1S/C29H33ClN2O5/c1-18-16-22(21-14-10-11-15-23(21)30)25(26(34)36-6)19(2)32(18)27(35)29(31,20-12-8-7-9-13-20)17-24(33)37-28(3,4)5/h7-16,22H,17,31H2,1-6H3. The number of hydrogen-bond donors (Lipinski definition) is 1. The van der Waals surface area contributed by atoms with Crippen LogP contribution >= 0.6 is 11.6 Å². The number of carbonyl (C=O) groups excluding carboxylic acids is 3. The SMILES string of the molecule is COC(=O)C1=C(C)N(C(=O)C(N)(CC(=O)OC(C)(C)C)c2ccccc2)C(C)=CC1c1ccccc1Cl. The molecule has 0 radical (unpaired) electrons. The monoisotopic (exact) mass is 524 g/mol. The van der Waals surface area contributed by atoms with Crippen LogP contribution in [0.1, 0.15) is 58.1 Å². The van der Waals surface area contributed by atoms with E-state index in [9.17, 15) is 14.4 Å². The van der Waals surface area contributed by atoms with Gasteiger partial charge in [0.1, 0.15) is 11.1 Å². The lowest BCUT2D eigenvalue weighted by molar-refractivity contribution is -0.159. The average molecular weight is 525 g/mol. The van der Waals surface area contributed by atoms with Gasteiger partial charge >= 0.3 is 11.9 Å². The molecule has 2 aromatic rings. The molecule has 0 spiro atoms. The van der Waals surface area contributed by atoms with Crippen molar-refractivity contribution in [1.82, 2.24) is 4.90 Å². The van der Waals surface area contributed by atoms with Gasteiger partial charge in [-0.05, 0) is 51.8 Å². The van der Waals surface area contributed by atoms with Crippen LogP contribution in [0.15, 0.2) is 77.6 Å². The number of esters is 2. The van der Waals surface area contributed by atoms with Crippen LogP contribution in [0.5, 0.6) is 0 Å². The Morgan fingerprint density at radius 3 is 2.16 bits per heavy atom. The van der Waals surface area contributed by atoms with Crippen LogP contribution in [-0.2, 0) is 29.4 Å². The molecule has 0 aromatic heterocycles. The van der Waals surface area contributed by atoms with Crippen LogP contribution in [0.25, 0.3) is 0 Å². The Labute approximate surface area is 222 Å². The van der Waals surface area contributed by atoms with Crippen molar-refractivity contribution in [2.24, 2.45) is 5.73 Å². The highest BCUT2D eigenvalue weighted by Gasteiger charge is 2.45. The lowest BCUT2D eigenvalue weighted by Gasteiger charge is -2.39. The second kappa shape index (κ2) is 10.9. The fraction of sp³-hybridized carbons (Fsp3) is 0.345. The molecule has 0 aliphatic carbocycles. The number of halogens is 1. The molecular weight excluding hydrogens is 492 g/mol. The first-order chi connectivity index (χ1) is 17.3. The number of ether oxygens (including phenoxy) is 2. The Kier molecular flexibility index (Phi) is 8.30. The topological polar surface area (TPSA) is 98.9 Å². The highest BCUT2D eigenvalue weighted by Crippen LogP contribution is 2.41. The summed E-state index contributed by atoms with van der Waals surface area (Å²) < 4.78 is 10.6. The van der Waals surface area contributed by atoms with Gasteiger partial charge in [-0.1, -0.05) is 66.2 Å².